The quantitative estimate of drug-likeness (QED) is 0.675. The summed E-state index contributed by atoms with van der Waals surface area (Å²) in [5.74, 6) is 0.595. The zero-order valence-corrected chi connectivity index (χ0v) is 14.0. The van der Waals surface area contributed by atoms with E-state index in [1.165, 1.54) is 6.08 Å². The summed E-state index contributed by atoms with van der Waals surface area (Å²) < 4.78 is 0. The van der Waals surface area contributed by atoms with Crippen molar-refractivity contribution in [3.05, 3.63) is 78.5 Å². The van der Waals surface area contributed by atoms with Crippen molar-refractivity contribution in [3.63, 3.8) is 0 Å². The third-order valence-corrected chi connectivity index (χ3v) is 3.85. The van der Waals surface area contributed by atoms with Crippen LogP contribution in [0.4, 0.5) is 0 Å². The molecule has 5 nitrogen and oxygen atoms in total. The first kappa shape index (κ1) is 16.6. The Bertz CT molecular complexity index is 840. The van der Waals surface area contributed by atoms with Gasteiger partial charge in [-0.2, -0.15) is 0 Å². The molecule has 1 aromatic carbocycles. The van der Waals surface area contributed by atoms with Gasteiger partial charge in [0.25, 0.3) is 0 Å². The molecule has 2 aromatic heterocycles. The zero-order valence-electron chi connectivity index (χ0n) is 14.0. The van der Waals surface area contributed by atoms with Gasteiger partial charge in [-0.3, -0.25) is 9.78 Å². The lowest BCUT2D eigenvalue weighted by Crippen LogP contribution is -2.27. The fraction of sp³-hybridized carbons (Fsp3) is 0.150. The Hall–Kier alpha value is -3.21. The monoisotopic (exact) mass is 332 g/mol. The number of H-pyrrole nitrogens is 1. The van der Waals surface area contributed by atoms with Gasteiger partial charge in [0.1, 0.15) is 5.82 Å². The van der Waals surface area contributed by atoms with Crippen molar-refractivity contribution in [1.82, 2.24) is 20.3 Å². The lowest BCUT2D eigenvalue weighted by Gasteiger charge is -2.13. The van der Waals surface area contributed by atoms with Crippen molar-refractivity contribution in [2.75, 3.05) is 0 Å². The molecule has 0 spiro atoms. The van der Waals surface area contributed by atoms with Crippen LogP contribution in [0.15, 0.2) is 67.1 Å². The summed E-state index contributed by atoms with van der Waals surface area (Å²) in [6.45, 7) is 2.01. The minimum absolute atomic E-state index is 0.159. The van der Waals surface area contributed by atoms with Gasteiger partial charge in [0, 0.05) is 18.5 Å². The van der Waals surface area contributed by atoms with E-state index < -0.39 is 0 Å². The molecule has 0 bridgehead atoms. The maximum atomic E-state index is 12.2. The Morgan fingerprint density at radius 1 is 1.20 bits per heavy atom. The number of benzene rings is 1. The van der Waals surface area contributed by atoms with Gasteiger partial charge < -0.3 is 10.3 Å². The molecule has 0 aliphatic rings. The average Bonchev–Trinajstić information content (AvgIpc) is 3.16. The van der Waals surface area contributed by atoms with Gasteiger partial charge in [-0.25, -0.2) is 4.98 Å². The van der Waals surface area contributed by atoms with Gasteiger partial charge in [0.05, 0.1) is 17.9 Å². The Kier molecular flexibility index (Phi) is 5.36. The molecule has 2 heterocycles. The predicted octanol–water partition coefficient (Wildman–Crippen LogP) is 3.75. The van der Waals surface area contributed by atoms with Crippen LogP contribution in [0.1, 0.15) is 30.8 Å². The summed E-state index contributed by atoms with van der Waals surface area (Å²) in [5, 5.41) is 2.98. The highest BCUT2D eigenvalue weighted by Gasteiger charge is 2.15. The van der Waals surface area contributed by atoms with Crippen molar-refractivity contribution in [3.8, 4) is 11.3 Å². The number of rotatable bonds is 6. The second-order valence-electron chi connectivity index (χ2n) is 5.64. The number of hydrogen-bond acceptors (Lipinski definition) is 3. The highest BCUT2D eigenvalue weighted by atomic mass is 16.1. The molecule has 0 saturated heterocycles. The average molecular weight is 332 g/mol. The first-order chi connectivity index (χ1) is 12.3. The molecule has 0 aliphatic carbocycles. The van der Waals surface area contributed by atoms with Crippen LogP contribution in [-0.2, 0) is 4.79 Å². The highest BCUT2D eigenvalue weighted by Crippen LogP contribution is 2.20. The van der Waals surface area contributed by atoms with Crippen LogP contribution in [-0.4, -0.2) is 20.9 Å². The van der Waals surface area contributed by atoms with E-state index in [2.05, 4.69) is 20.3 Å². The standard InChI is InChI=1S/C20H20N4O/c1-2-17(23-19(25)11-10-15-7-6-12-21-13-15)20-22-14-18(24-20)16-8-4-3-5-9-16/h3-14,17H,2H2,1H3,(H,22,24)(H,23,25)/b11-10+. The Morgan fingerprint density at radius 2 is 2.04 bits per heavy atom. The molecule has 0 aliphatic heterocycles. The van der Waals surface area contributed by atoms with Gasteiger partial charge >= 0.3 is 0 Å². The Labute approximate surface area is 146 Å². The van der Waals surface area contributed by atoms with Crippen molar-refractivity contribution in [2.24, 2.45) is 0 Å². The summed E-state index contributed by atoms with van der Waals surface area (Å²) in [7, 11) is 0. The molecule has 1 atom stereocenters. The van der Waals surface area contributed by atoms with Crippen molar-refractivity contribution in [2.45, 2.75) is 19.4 Å². The van der Waals surface area contributed by atoms with Crippen molar-refractivity contribution < 1.29 is 4.79 Å². The van der Waals surface area contributed by atoms with Crippen molar-refractivity contribution in [1.29, 1.82) is 0 Å². The van der Waals surface area contributed by atoms with E-state index in [1.54, 1.807) is 24.7 Å². The fourth-order valence-corrected chi connectivity index (χ4v) is 2.51. The summed E-state index contributed by atoms with van der Waals surface area (Å²) in [4.78, 5) is 23.9. The molecule has 2 N–H and O–H groups in total. The van der Waals surface area contributed by atoms with E-state index in [1.807, 2.05) is 49.4 Å². The normalized spacial score (nSPS) is 12.2. The van der Waals surface area contributed by atoms with Gasteiger partial charge in [-0.05, 0) is 29.7 Å². The molecule has 1 amide bonds. The number of aromatic amines is 1. The van der Waals surface area contributed by atoms with Crippen LogP contribution < -0.4 is 5.32 Å². The first-order valence-corrected chi connectivity index (χ1v) is 8.25. The van der Waals surface area contributed by atoms with Gasteiger partial charge in [-0.1, -0.05) is 43.3 Å². The lowest BCUT2D eigenvalue weighted by atomic mass is 10.2. The molecule has 3 rings (SSSR count). The number of nitrogens with zero attached hydrogens (tertiary/aromatic N) is 2. The van der Waals surface area contributed by atoms with Crippen LogP contribution in [0.3, 0.4) is 0 Å². The summed E-state index contributed by atoms with van der Waals surface area (Å²) >= 11 is 0. The van der Waals surface area contributed by atoms with E-state index >= 15 is 0 Å². The van der Waals surface area contributed by atoms with Gasteiger partial charge in [0.15, 0.2) is 0 Å². The number of amides is 1. The second-order valence-corrected chi connectivity index (χ2v) is 5.64. The number of imidazole rings is 1. The second kappa shape index (κ2) is 8.06. The summed E-state index contributed by atoms with van der Waals surface area (Å²) in [5.41, 5.74) is 2.89. The molecular weight excluding hydrogens is 312 g/mol. The molecule has 3 aromatic rings. The number of hydrogen-bond donors (Lipinski definition) is 2. The van der Waals surface area contributed by atoms with E-state index in [9.17, 15) is 4.79 Å². The van der Waals surface area contributed by atoms with Crippen LogP contribution in [0.5, 0.6) is 0 Å². The molecule has 0 radical (unpaired) electrons. The third-order valence-electron chi connectivity index (χ3n) is 3.85. The molecule has 0 saturated carbocycles. The van der Waals surface area contributed by atoms with E-state index in [-0.39, 0.29) is 11.9 Å². The minimum atomic E-state index is -0.163. The van der Waals surface area contributed by atoms with Crippen LogP contribution in [0.25, 0.3) is 17.3 Å². The Balaban J connectivity index is 1.67. The van der Waals surface area contributed by atoms with Gasteiger partial charge in [-0.15, -0.1) is 0 Å². The van der Waals surface area contributed by atoms with Crippen molar-refractivity contribution >= 4 is 12.0 Å². The molecule has 25 heavy (non-hydrogen) atoms. The van der Waals surface area contributed by atoms with Crippen LogP contribution in [0, 0.1) is 0 Å². The number of carbonyl (C=O) groups excluding carboxylic acids is 1. The van der Waals surface area contributed by atoms with E-state index in [0.717, 1.165) is 29.1 Å². The maximum Gasteiger partial charge on any atom is 0.244 e. The Morgan fingerprint density at radius 3 is 2.76 bits per heavy atom. The molecule has 5 heteroatoms. The molecule has 126 valence electrons. The van der Waals surface area contributed by atoms with E-state index in [0.29, 0.717) is 0 Å². The highest BCUT2D eigenvalue weighted by molar-refractivity contribution is 5.91. The van der Waals surface area contributed by atoms with Crippen LogP contribution in [0.2, 0.25) is 0 Å². The number of aromatic nitrogens is 3. The number of nitrogens with one attached hydrogen (secondary N) is 2. The first-order valence-electron chi connectivity index (χ1n) is 8.25. The summed E-state index contributed by atoms with van der Waals surface area (Å²) in [6.07, 6.45) is 9.21. The lowest BCUT2D eigenvalue weighted by molar-refractivity contribution is -0.117. The molecular formula is C20H20N4O. The fourth-order valence-electron chi connectivity index (χ4n) is 2.51. The third kappa shape index (κ3) is 4.41. The summed E-state index contributed by atoms with van der Waals surface area (Å²) in [6, 6.07) is 13.6. The van der Waals surface area contributed by atoms with E-state index in [4.69, 9.17) is 0 Å². The maximum absolute atomic E-state index is 12.2. The zero-order chi connectivity index (χ0) is 17.5. The SMILES string of the molecule is CCC(NC(=O)/C=C/c1cccnc1)c1ncc(-c2ccccc2)[nH]1. The van der Waals surface area contributed by atoms with Crippen LogP contribution >= 0.6 is 0 Å². The predicted molar refractivity (Wildman–Crippen MR) is 98.5 cm³/mol. The largest absolute Gasteiger partial charge is 0.343 e. The van der Waals surface area contributed by atoms with Gasteiger partial charge in [0.2, 0.25) is 5.91 Å². The smallest absolute Gasteiger partial charge is 0.244 e. The molecule has 0 fully saturated rings. The number of carbonyl (C=O) groups is 1. The topological polar surface area (TPSA) is 70.7 Å². The molecule has 1 unspecified atom stereocenters. The minimum Gasteiger partial charge on any atom is -0.343 e. The number of pyridine rings is 1.